The first-order chi connectivity index (χ1) is 13.0. The number of nitrogens with zero attached hydrogens (tertiary/aromatic N) is 3. The summed E-state index contributed by atoms with van der Waals surface area (Å²) < 4.78 is 7.31. The summed E-state index contributed by atoms with van der Waals surface area (Å²) in [7, 11) is 1.50. The lowest BCUT2D eigenvalue weighted by Gasteiger charge is -2.41. The summed E-state index contributed by atoms with van der Waals surface area (Å²) in [5, 5.41) is 4.70. The molecule has 1 aromatic carbocycles. The number of methoxy groups -OCH3 is 1. The summed E-state index contributed by atoms with van der Waals surface area (Å²) in [6.07, 6.45) is 5.58. The van der Waals surface area contributed by atoms with E-state index in [1.54, 1.807) is 0 Å². The van der Waals surface area contributed by atoms with E-state index in [1.807, 2.05) is 16.9 Å². The molecule has 144 valence electrons. The third kappa shape index (κ3) is 3.08. The number of benzene rings is 1. The third-order valence-corrected chi connectivity index (χ3v) is 6.41. The summed E-state index contributed by atoms with van der Waals surface area (Å²) in [5.74, 6) is -0.157. The van der Waals surface area contributed by atoms with Crippen molar-refractivity contribution in [3.05, 3.63) is 53.3 Å². The highest BCUT2D eigenvalue weighted by molar-refractivity contribution is 5.79. The van der Waals surface area contributed by atoms with Crippen molar-refractivity contribution in [2.45, 2.75) is 57.0 Å². The van der Waals surface area contributed by atoms with Crippen LogP contribution in [0.4, 0.5) is 0 Å². The number of likely N-dealkylation sites (tertiary alicyclic amines) is 1. The molecule has 5 nitrogen and oxygen atoms in total. The van der Waals surface area contributed by atoms with Crippen LogP contribution in [0, 0.1) is 0 Å². The van der Waals surface area contributed by atoms with E-state index >= 15 is 0 Å². The molecule has 1 aliphatic heterocycles. The van der Waals surface area contributed by atoms with Gasteiger partial charge >= 0.3 is 5.97 Å². The Bertz CT molecular complexity index is 817. The molecule has 1 aliphatic carbocycles. The van der Waals surface area contributed by atoms with E-state index < -0.39 is 5.54 Å². The normalized spacial score (nSPS) is 21.0. The predicted molar refractivity (Wildman–Crippen MR) is 105 cm³/mol. The lowest BCUT2D eigenvalue weighted by Crippen LogP contribution is -2.53. The molecule has 5 heteroatoms. The highest BCUT2D eigenvalue weighted by atomic mass is 16.5. The van der Waals surface area contributed by atoms with Crippen LogP contribution < -0.4 is 0 Å². The smallest absolute Gasteiger partial charge is 0.333 e. The molecule has 1 fully saturated rings. The molecule has 1 aromatic heterocycles. The quantitative estimate of drug-likeness (QED) is 0.778. The fraction of sp³-hybridized carbons (Fsp3) is 0.545. The lowest BCUT2D eigenvalue weighted by molar-refractivity contribution is -0.155. The van der Waals surface area contributed by atoms with Crippen LogP contribution >= 0.6 is 0 Å². The zero-order valence-corrected chi connectivity index (χ0v) is 16.6. The first-order valence-corrected chi connectivity index (χ1v) is 9.89. The zero-order valence-electron chi connectivity index (χ0n) is 16.6. The standard InChI is InChI=1S/C22H29N3O2/c1-21(2)10-9-18-15-23-25(19(18)21)22(20(26)27-3)11-13-24(14-12-22)16-17-7-5-4-6-8-17/h4-8,15H,9-14,16H2,1-3H3. The highest BCUT2D eigenvalue weighted by Crippen LogP contribution is 2.43. The van der Waals surface area contributed by atoms with Gasteiger partial charge in [0.15, 0.2) is 5.54 Å². The van der Waals surface area contributed by atoms with Gasteiger partial charge in [0.25, 0.3) is 0 Å². The number of carbonyl (C=O) groups is 1. The van der Waals surface area contributed by atoms with Crippen LogP contribution in [0.15, 0.2) is 36.5 Å². The van der Waals surface area contributed by atoms with Gasteiger partial charge in [-0.1, -0.05) is 44.2 Å². The second-order valence-electron chi connectivity index (χ2n) is 8.60. The first-order valence-electron chi connectivity index (χ1n) is 9.89. The van der Waals surface area contributed by atoms with Crippen LogP contribution in [0.2, 0.25) is 0 Å². The Morgan fingerprint density at radius 3 is 2.52 bits per heavy atom. The molecule has 4 rings (SSSR count). The summed E-state index contributed by atoms with van der Waals surface area (Å²) in [5.41, 5.74) is 3.19. The minimum atomic E-state index is -0.683. The summed E-state index contributed by atoms with van der Waals surface area (Å²) >= 11 is 0. The molecule has 27 heavy (non-hydrogen) atoms. The molecule has 0 atom stereocenters. The Kier molecular flexibility index (Phi) is 4.58. The first kappa shape index (κ1) is 18.2. The predicted octanol–water partition coefficient (Wildman–Crippen LogP) is 3.27. The number of rotatable bonds is 4. The monoisotopic (exact) mass is 367 g/mol. The Labute approximate surface area is 161 Å². The van der Waals surface area contributed by atoms with Crippen LogP contribution in [-0.4, -0.2) is 40.8 Å². The number of piperidine rings is 1. The second kappa shape index (κ2) is 6.79. The lowest BCUT2D eigenvalue weighted by atomic mass is 9.84. The number of hydrogen-bond donors (Lipinski definition) is 0. The molecule has 0 amide bonds. The van der Waals surface area contributed by atoms with Gasteiger partial charge in [-0.3, -0.25) is 9.58 Å². The van der Waals surface area contributed by atoms with Gasteiger partial charge in [-0.2, -0.15) is 5.10 Å². The van der Waals surface area contributed by atoms with Crippen LogP contribution in [0.1, 0.15) is 49.9 Å². The number of fused-ring (bicyclic) bond motifs is 1. The van der Waals surface area contributed by atoms with Gasteiger partial charge in [-0.25, -0.2) is 4.79 Å². The summed E-state index contributed by atoms with van der Waals surface area (Å²) in [6.45, 7) is 7.15. The van der Waals surface area contributed by atoms with E-state index in [1.165, 1.54) is 23.9 Å². The Balaban J connectivity index is 1.60. The fourth-order valence-electron chi connectivity index (χ4n) is 4.79. The average molecular weight is 367 g/mol. The van der Waals surface area contributed by atoms with E-state index in [4.69, 9.17) is 9.84 Å². The van der Waals surface area contributed by atoms with E-state index in [0.717, 1.165) is 45.3 Å². The van der Waals surface area contributed by atoms with Crippen molar-refractivity contribution in [1.82, 2.24) is 14.7 Å². The second-order valence-corrected chi connectivity index (χ2v) is 8.60. The molecular weight excluding hydrogens is 338 g/mol. The SMILES string of the molecule is COC(=O)C1(n2ncc3c2C(C)(C)CC3)CCN(Cc2ccccc2)CC1. The van der Waals surface area contributed by atoms with Gasteiger partial charge in [0.2, 0.25) is 0 Å². The van der Waals surface area contributed by atoms with Crippen LogP contribution in [0.25, 0.3) is 0 Å². The summed E-state index contributed by atoms with van der Waals surface area (Å²) in [6, 6.07) is 10.5. The van der Waals surface area contributed by atoms with Gasteiger partial charge in [-0.05, 0) is 36.8 Å². The number of hydrogen-bond acceptors (Lipinski definition) is 4. The molecule has 0 bridgehead atoms. The van der Waals surface area contributed by atoms with Crippen molar-refractivity contribution in [2.24, 2.45) is 0 Å². The zero-order chi connectivity index (χ0) is 19.1. The fourth-order valence-corrected chi connectivity index (χ4v) is 4.79. The van der Waals surface area contributed by atoms with Crippen molar-refractivity contribution in [2.75, 3.05) is 20.2 Å². The third-order valence-electron chi connectivity index (χ3n) is 6.41. The molecule has 2 aromatic rings. The van der Waals surface area contributed by atoms with E-state index in [-0.39, 0.29) is 11.4 Å². The highest BCUT2D eigenvalue weighted by Gasteiger charge is 2.49. The number of ether oxygens (including phenoxy) is 1. The maximum absolute atomic E-state index is 13.0. The van der Waals surface area contributed by atoms with Crippen molar-refractivity contribution in [1.29, 1.82) is 0 Å². The molecule has 2 heterocycles. The number of carbonyl (C=O) groups excluding carboxylic acids is 1. The number of aryl methyl sites for hydroxylation is 1. The number of esters is 1. The molecular formula is C22H29N3O2. The van der Waals surface area contributed by atoms with Gasteiger partial charge < -0.3 is 4.74 Å². The van der Waals surface area contributed by atoms with Crippen LogP contribution in [-0.2, 0) is 33.5 Å². The molecule has 0 radical (unpaired) electrons. The van der Waals surface area contributed by atoms with Crippen molar-refractivity contribution < 1.29 is 9.53 Å². The minimum absolute atomic E-state index is 0.0496. The summed E-state index contributed by atoms with van der Waals surface area (Å²) in [4.78, 5) is 15.4. The largest absolute Gasteiger partial charge is 0.467 e. The molecule has 1 saturated heterocycles. The average Bonchev–Trinajstić information content (AvgIpc) is 3.24. The van der Waals surface area contributed by atoms with Crippen LogP contribution in [0.3, 0.4) is 0 Å². The number of aromatic nitrogens is 2. The van der Waals surface area contributed by atoms with Gasteiger partial charge in [0.1, 0.15) is 0 Å². The Hall–Kier alpha value is -2.14. The van der Waals surface area contributed by atoms with E-state index in [9.17, 15) is 4.79 Å². The maximum atomic E-state index is 13.0. The molecule has 2 aliphatic rings. The molecule has 0 N–H and O–H groups in total. The molecule has 0 saturated carbocycles. The molecule has 0 spiro atoms. The minimum Gasteiger partial charge on any atom is -0.467 e. The van der Waals surface area contributed by atoms with Gasteiger partial charge in [0, 0.05) is 30.7 Å². The van der Waals surface area contributed by atoms with E-state index in [2.05, 4.69) is 43.0 Å². The van der Waals surface area contributed by atoms with E-state index in [0.29, 0.717) is 0 Å². The van der Waals surface area contributed by atoms with Crippen molar-refractivity contribution in [3.63, 3.8) is 0 Å². The molecule has 0 unspecified atom stereocenters. The van der Waals surface area contributed by atoms with Crippen molar-refractivity contribution in [3.8, 4) is 0 Å². The topological polar surface area (TPSA) is 47.4 Å². The van der Waals surface area contributed by atoms with Crippen molar-refractivity contribution >= 4 is 5.97 Å². The van der Waals surface area contributed by atoms with Gasteiger partial charge in [-0.15, -0.1) is 0 Å². The Morgan fingerprint density at radius 1 is 1.15 bits per heavy atom. The van der Waals surface area contributed by atoms with Gasteiger partial charge in [0.05, 0.1) is 13.3 Å². The van der Waals surface area contributed by atoms with Crippen LogP contribution in [0.5, 0.6) is 0 Å². The Morgan fingerprint density at radius 2 is 1.85 bits per heavy atom. The maximum Gasteiger partial charge on any atom is 0.333 e.